The smallest absolute Gasteiger partial charge is 0.323 e. The number of esters is 1. The highest BCUT2D eigenvalue weighted by atomic mass is 32.2. The second-order valence-corrected chi connectivity index (χ2v) is 12.3. The Labute approximate surface area is 224 Å². The van der Waals surface area contributed by atoms with Gasteiger partial charge in [-0.15, -0.1) is 11.8 Å². The predicted octanol–water partition coefficient (Wildman–Crippen LogP) is 2.22. The number of nitrogens with one attached hydrogen (secondary N) is 1. The fourth-order valence-electron chi connectivity index (χ4n) is 3.78. The zero-order valence-corrected chi connectivity index (χ0v) is 23.6. The summed E-state index contributed by atoms with van der Waals surface area (Å²) < 4.78 is 32.2. The Morgan fingerprint density at radius 1 is 1.35 bits per heavy atom. The first kappa shape index (κ1) is 30.6. The molecule has 0 saturated carbocycles. The number of hydrogen-bond donors (Lipinski definition) is 1. The first-order chi connectivity index (χ1) is 17.5. The van der Waals surface area contributed by atoms with Gasteiger partial charge in [-0.05, 0) is 45.6 Å². The number of carbonyl (C=O) groups excluding carboxylic acids is 2. The second kappa shape index (κ2) is 14.4. The number of hydrogen-bond acceptors (Lipinski definition) is 9. The summed E-state index contributed by atoms with van der Waals surface area (Å²) in [6, 6.07) is 8.63. The van der Waals surface area contributed by atoms with Crippen LogP contribution < -0.4 is 5.32 Å². The number of amides is 1. The summed E-state index contributed by atoms with van der Waals surface area (Å²) in [7, 11) is 1.72. The van der Waals surface area contributed by atoms with Gasteiger partial charge in [0.05, 0.1) is 21.6 Å². The Kier molecular flexibility index (Phi) is 11.9. The highest BCUT2D eigenvalue weighted by molar-refractivity contribution is 8.01. The average molecular weight is 552 g/mol. The summed E-state index contributed by atoms with van der Waals surface area (Å²) in [4.78, 5) is 28.9. The van der Waals surface area contributed by atoms with E-state index in [-0.39, 0.29) is 34.5 Å². The summed E-state index contributed by atoms with van der Waals surface area (Å²) in [5.41, 5.74) is 0.649. The number of sulfonamides is 1. The van der Waals surface area contributed by atoms with E-state index in [2.05, 4.69) is 11.9 Å². The zero-order chi connectivity index (χ0) is 27.6. The lowest BCUT2D eigenvalue weighted by molar-refractivity contribution is -0.146. The van der Waals surface area contributed by atoms with Crippen LogP contribution in [0.3, 0.4) is 0 Å². The summed E-state index contributed by atoms with van der Waals surface area (Å²) >= 11 is 1.44. The average Bonchev–Trinajstić information content (AvgIpc) is 3.17. The number of anilines is 1. The number of carbonyl (C=O) groups is 2. The third-order valence-electron chi connectivity index (χ3n) is 5.93. The van der Waals surface area contributed by atoms with Crippen molar-refractivity contribution < 1.29 is 22.7 Å². The molecule has 204 valence electrons. The van der Waals surface area contributed by atoms with Crippen LogP contribution in [-0.4, -0.2) is 99.0 Å². The van der Waals surface area contributed by atoms with Gasteiger partial charge in [0.25, 0.3) is 0 Å². The van der Waals surface area contributed by atoms with Crippen LogP contribution in [0, 0.1) is 17.2 Å². The molecule has 1 aliphatic heterocycles. The molecule has 12 heteroatoms. The van der Waals surface area contributed by atoms with Gasteiger partial charge in [-0.3, -0.25) is 9.59 Å². The molecular weight excluding hydrogens is 514 g/mol. The molecule has 1 aromatic carbocycles. The molecule has 0 bridgehead atoms. The van der Waals surface area contributed by atoms with Crippen LogP contribution in [-0.2, 0) is 24.3 Å². The van der Waals surface area contributed by atoms with Crippen molar-refractivity contribution in [1.82, 2.24) is 14.1 Å². The molecule has 1 N–H and O–H groups in total. The maximum Gasteiger partial charge on any atom is 0.323 e. The number of benzene rings is 1. The summed E-state index contributed by atoms with van der Waals surface area (Å²) in [6.45, 7) is 7.32. The minimum Gasteiger partial charge on any atom is -0.460 e. The fourth-order valence-corrected chi connectivity index (χ4v) is 6.58. The predicted molar refractivity (Wildman–Crippen MR) is 145 cm³/mol. The Morgan fingerprint density at radius 2 is 2.08 bits per heavy atom. The Bertz CT molecular complexity index is 1090. The molecule has 1 saturated heterocycles. The van der Waals surface area contributed by atoms with E-state index in [9.17, 15) is 23.3 Å². The van der Waals surface area contributed by atoms with Crippen LogP contribution in [0.15, 0.2) is 41.8 Å². The van der Waals surface area contributed by atoms with Crippen LogP contribution in [0.2, 0.25) is 0 Å². The number of rotatable bonds is 15. The number of nitrogens with zero attached hydrogens (tertiary/aromatic N) is 4. The van der Waals surface area contributed by atoms with Crippen LogP contribution in [0.1, 0.15) is 19.8 Å². The first-order valence-corrected chi connectivity index (χ1v) is 14.5. The van der Waals surface area contributed by atoms with Crippen molar-refractivity contribution in [2.75, 3.05) is 59.2 Å². The molecule has 1 amide bonds. The van der Waals surface area contributed by atoms with Crippen LogP contribution >= 0.6 is 11.8 Å². The van der Waals surface area contributed by atoms with Crippen molar-refractivity contribution in [3.8, 4) is 6.07 Å². The highest BCUT2D eigenvalue weighted by Crippen LogP contribution is 2.37. The van der Waals surface area contributed by atoms with Gasteiger partial charge in [0.1, 0.15) is 12.5 Å². The minimum atomic E-state index is -3.62. The first-order valence-electron chi connectivity index (χ1n) is 12.1. The third kappa shape index (κ3) is 8.46. The van der Waals surface area contributed by atoms with Crippen molar-refractivity contribution in [1.29, 1.82) is 5.26 Å². The van der Waals surface area contributed by atoms with Gasteiger partial charge in [0.2, 0.25) is 15.9 Å². The van der Waals surface area contributed by atoms with Gasteiger partial charge in [-0.25, -0.2) is 8.42 Å². The van der Waals surface area contributed by atoms with Crippen LogP contribution in [0.4, 0.5) is 5.69 Å². The van der Waals surface area contributed by atoms with Crippen LogP contribution in [0.5, 0.6) is 0 Å². The molecule has 1 aromatic rings. The normalized spacial score (nSPS) is 18.6. The largest absolute Gasteiger partial charge is 0.460 e. The standard InChI is InChI=1S/C25H37N5O5S2/c1-6-15-35-25(32)19(18-26)16-23-30(7-2)24(31)22(36-23)11-12-27-20-9-8-10-21(17-20)37(33,34)29(5)14-13-28(3)4/h6,8-10,17,19,22-23,27H,1,7,11-16H2,2-5H3. The highest BCUT2D eigenvalue weighted by Gasteiger charge is 2.41. The molecule has 1 heterocycles. The second-order valence-electron chi connectivity index (χ2n) is 8.91. The maximum atomic E-state index is 12.9. The Balaban J connectivity index is 1.98. The maximum absolute atomic E-state index is 12.9. The van der Waals surface area contributed by atoms with Crippen molar-refractivity contribution >= 4 is 39.3 Å². The molecule has 0 aromatic heterocycles. The number of thioether (sulfide) groups is 1. The number of likely N-dealkylation sites (N-methyl/N-ethyl adjacent to an activating group) is 2. The molecule has 1 fully saturated rings. The van der Waals surface area contributed by atoms with E-state index < -0.39 is 21.9 Å². The number of nitriles is 1. The Hall–Kier alpha value is -2.59. The molecule has 3 atom stereocenters. The van der Waals surface area contributed by atoms with Gasteiger partial charge in [0.15, 0.2) is 0 Å². The molecule has 3 unspecified atom stereocenters. The SMILES string of the molecule is C=CCOC(=O)C(C#N)CC1SC(CCNc2cccc(S(=O)(=O)N(C)CCN(C)C)c2)C(=O)N1CC. The molecule has 1 aliphatic rings. The van der Waals surface area contributed by atoms with E-state index in [1.165, 1.54) is 22.1 Å². The molecular formula is C25H37N5O5S2. The molecule has 2 rings (SSSR count). The van der Waals surface area contributed by atoms with Gasteiger partial charge in [0, 0.05) is 45.3 Å². The van der Waals surface area contributed by atoms with E-state index >= 15 is 0 Å². The van der Waals surface area contributed by atoms with Gasteiger partial charge in [-0.1, -0.05) is 18.7 Å². The van der Waals surface area contributed by atoms with Gasteiger partial charge < -0.3 is 19.9 Å². The Morgan fingerprint density at radius 3 is 2.70 bits per heavy atom. The monoisotopic (exact) mass is 551 g/mol. The lowest BCUT2D eigenvalue weighted by atomic mass is 10.1. The van der Waals surface area contributed by atoms with Gasteiger partial charge >= 0.3 is 5.97 Å². The van der Waals surface area contributed by atoms with Crippen molar-refractivity contribution in [3.05, 3.63) is 36.9 Å². The fraction of sp³-hybridized carbons (Fsp3) is 0.560. The van der Waals surface area contributed by atoms with E-state index in [1.54, 1.807) is 36.2 Å². The van der Waals surface area contributed by atoms with Crippen LogP contribution in [0.25, 0.3) is 0 Å². The molecule has 0 aliphatic carbocycles. The molecule has 0 radical (unpaired) electrons. The lowest BCUT2D eigenvalue weighted by Gasteiger charge is -2.23. The van der Waals surface area contributed by atoms with Crippen molar-refractivity contribution in [3.63, 3.8) is 0 Å². The zero-order valence-electron chi connectivity index (χ0n) is 21.9. The lowest BCUT2D eigenvalue weighted by Crippen LogP contribution is -2.36. The number of ether oxygens (including phenoxy) is 1. The van der Waals surface area contributed by atoms with Crippen molar-refractivity contribution in [2.24, 2.45) is 5.92 Å². The molecule has 10 nitrogen and oxygen atoms in total. The third-order valence-corrected chi connectivity index (χ3v) is 9.31. The molecule has 37 heavy (non-hydrogen) atoms. The van der Waals surface area contributed by atoms with E-state index in [1.807, 2.05) is 32.0 Å². The topological polar surface area (TPSA) is 123 Å². The van der Waals surface area contributed by atoms with E-state index in [4.69, 9.17) is 4.74 Å². The van der Waals surface area contributed by atoms with E-state index in [0.717, 1.165) is 0 Å². The minimum absolute atomic E-state index is 0.0331. The summed E-state index contributed by atoms with van der Waals surface area (Å²) in [5, 5.41) is 12.0. The molecule has 0 spiro atoms. The van der Waals surface area contributed by atoms with Crippen molar-refractivity contribution in [2.45, 2.75) is 35.3 Å². The summed E-state index contributed by atoms with van der Waals surface area (Å²) in [5.74, 6) is -1.61. The quantitative estimate of drug-likeness (QED) is 0.258. The summed E-state index contributed by atoms with van der Waals surface area (Å²) in [6.07, 6.45) is 2.15. The van der Waals surface area contributed by atoms with E-state index in [0.29, 0.717) is 38.3 Å². The van der Waals surface area contributed by atoms with Gasteiger partial charge in [-0.2, -0.15) is 9.57 Å².